The number of hydrogen-bond donors (Lipinski definition) is 0. The van der Waals surface area contributed by atoms with Crippen LogP contribution in [0.25, 0.3) is 5.69 Å². The van der Waals surface area contributed by atoms with Crippen molar-refractivity contribution in [3.8, 4) is 11.4 Å². The Morgan fingerprint density at radius 3 is 2.45 bits per heavy atom. The van der Waals surface area contributed by atoms with E-state index in [1.165, 1.54) is 36.3 Å². The van der Waals surface area contributed by atoms with Crippen LogP contribution in [-0.4, -0.2) is 29.2 Å². The number of esters is 1. The second-order valence-corrected chi connectivity index (χ2v) is 3.71. The maximum absolute atomic E-state index is 12.0. The van der Waals surface area contributed by atoms with Crippen molar-refractivity contribution in [1.29, 1.82) is 0 Å². The molecule has 8 heteroatoms. The Morgan fingerprint density at radius 1 is 1.25 bits per heavy atom. The fourth-order valence-electron chi connectivity index (χ4n) is 1.49. The number of methoxy groups -OCH3 is 1. The van der Waals surface area contributed by atoms with Crippen molar-refractivity contribution < 1.29 is 27.4 Å². The van der Waals surface area contributed by atoms with E-state index in [1.54, 1.807) is 0 Å². The van der Waals surface area contributed by atoms with E-state index in [-0.39, 0.29) is 11.3 Å². The molecule has 0 spiro atoms. The number of aromatic nitrogens is 2. The summed E-state index contributed by atoms with van der Waals surface area (Å²) in [6, 6.07) is 5.08. The lowest BCUT2D eigenvalue weighted by Crippen LogP contribution is -2.17. The molecule has 1 aromatic heterocycles. The second-order valence-electron chi connectivity index (χ2n) is 3.71. The van der Waals surface area contributed by atoms with Crippen LogP contribution in [0.15, 0.2) is 36.7 Å². The molecule has 0 bridgehead atoms. The van der Waals surface area contributed by atoms with Gasteiger partial charge in [0, 0.05) is 6.20 Å². The van der Waals surface area contributed by atoms with Crippen LogP contribution in [0.3, 0.4) is 0 Å². The predicted molar refractivity (Wildman–Crippen MR) is 61.6 cm³/mol. The summed E-state index contributed by atoms with van der Waals surface area (Å²) in [6.07, 6.45) is -2.03. The highest BCUT2D eigenvalue weighted by atomic mass is 19.4. The number of halogens is 3. The Morgan fingerprint density at radius 2 is 1.90 bits per heavy atom. The van der Waals surface area contributed by atoms with E-state index in [9.17, 15) is 18.0 Å². The highest BCUT2D eigenvalue weighted by Gasteiger charge is 2.30. The molecule has 0 aliphatic rings. The highest BCUT2D eigenvalue weighted by molar-refractivity contribution is 5.88. The summed E-state index contributed by atoms with van der Waals surface area (Å²) in [4.78, 5) is 11.2. The lowest BCUT2D eigenvalue weighted by Gasteiger charge is -2.09. The van der Waals surface area contributed by atoms with Crippen molar-refractivity contribution in [2.45, 2.75) is 6.36 Å². The molecule has 106 valence electrons. The van der Waals surface area contributed by atoms with Gasteiger partial charge in [-0.25, -0.2) is 9.48 Å². The molecule has 0 fully saturated rings. The van der Waals surface area contributed by atoms with Crippen LogP contribution in [0.1, 0.15) is 10.4 Å². The lowest BCUT2D eigenvalue weighted by molar-refractivity contribution is -0.274. The zero-order valence-electron chi connectivity index (χ0n) is 10.2. The Labute approximate surface area is 111 Å². The first-order valence-corrected chi connectivity index (χ1v) is 5.38. The number of carbonyl (C=O) groups excluding carboxylic acids is 1. The minimum absolute atomic E-state index is 0.239. The van der Waals surface area contributed by atoms with Crippen molar-refractivity contribution in [2.75, 3.05) is 7.11 Å². The summed E-state index contributed by atoms with van der Waals surface area (Å²) in [7, 11) is 1.24. The highest BCUT2D eigenvalue weighted by Crippen LogP contribution is 2.23. The Balaban J connectivity index is 2.18. The number of alkyl halides is 3. The summed E-state index contributed by atoms with van der Waals surface area (Å²) in [5, 5.41) is 3.91. The Bertz CT molecular complexity index is 605. The molecule has 0 amide bonds. The standard InChI is InChI=1S/C12H9F3N2O3/c1-19-11(18)8-6-16-17(7-8)9-2-4-10(5-3-9)20-12(13,14)15/h2-7H,1H3. The molecule has 0 saturated carbocycles. The first-order chi connectivity index (χ1) is 9.39. The van der Waals surface area contributed by atoms with Gasteiger partial charge in [-0.1, -0.05) is 0 Å². The molecule has 0 aliphatic heterocycles. The smallest absolute Gasteiger partial charge is 0.465 e. The van der Waals surface area contributed by atoms with Gasteiger partial charge in [0.15, 0.2) is 0 Å². The van der Waals surface area contributed by atoms with Gasteiger partial charge in [0.1, 0.15) is 5.75 Å². The van der Waals surface area contributed by atoms with E-state index in [4.69, 9.17) is 0 Å². The molecule has 0 N–H and O–H groups in total. The molecule has 20 heavy (non-hydrogen) atoms. The van der Waals surface area contributed by atoms with E-state index >= 15 is 0 Å². The van der Waals surface area contributed by atoms with Gasteiger partial charge in [-0.15, -0.1) is 13.2 Å². The number of hydrogen-bond acceptors (Lipinski definition) is 4. The third-order valence-corrected chi connectivity index (χ3v) is 2.34. The van der Waals surface area contributed by atoms with Crippen LogP contribution in [0.4, 0.5) is 13.2 Å². The van der Waals surface area contributed by atoms with Crippen molar-refractivity contribution in [3.05, 3.63) is 42.2 Å². The zero-order chi connectivity index (χ0) is 14.8. The molecule has 5 nitrogen and oxygen atoms in total. The average Bonchev–Trinajstić information content (AvgIpc) is 2.86. The third-order valence-electron chi connectivity index (χ3n) is 2.34. The second kappa shape index (κ2) is 5.24. The molecule has 1 heterocycles. The van der Waals surface area contributed by atoms with E-state index in [0.717, 1.165) is 12.1 Å². The first kappa shape index (κ1) is 13.9. The van der Waals surface area contributed by atoms with Crippen molar-refractivity contribution >= 4 is 5.97 Å². The van der Waals surface area contributed by atoms with Crippen molar-refractivity contribution in [1.82, 2.24) is 9.78 Å². The van der Waals surface area contributed by atoms with Gasteiger partial charge >= 0.3 is 12.3 Å². The van der Waals surface area contributed by atoms with E-state index < -0.39 is 12.3 Å². The van der Waals surface area contributed by atoms with Gasteiger partial charge in [-0.05, 0) is 24.3 Å². The fourth-order valence-corrected chi connectivity index (χ4v) is 1.49. The van der Waals surface area contributed by atoms with Gasteiger partial charge in [-0.2, -0.15) is 5.10 Å². The van der Waals surface area contributed by atoms with Crippen LogP contribution in [0.2, 0.25) is 0 Å². The number of nitrogens with zero attached hydrogens (tertiary/aromatic N) is 2. The topological polar surface area (TPSA) is 53.3 Å². The van der Waals surface area contributed by atoms with E-state index in [2.05, 4.69) is 14.6 Å². The first-order valence-electron chi connectivity index (χ1n) is 5.38. The summed E-state index contributed by atoms with van der Waals surface area (Å²) in [6.45, 7) is 0. The number of benzene rings is 1. The van der Waals surface area contributed by atoms with Gasteiger partial charge in [0.25, 0.3) is 0 Å². The van der Waals surface area contributed by atoms with E-state index in [0.29, 0.717) is 5.69 Å². The number of ether oxygens (including phenoxy) is 2. The van der Waals surface area contributed by atoms with Gasteiger partial charge < -0.3 is 9.47 Å². The van der Waals surface area contributed by atoms with Gasteiger partial charge in [-0.3, -0.25) is 0 Å². The van der Waals surface area contributed by atoms with Gasteiger partial charge in [0.2, 0.25) is 0 Å². The minimum Gasteiger partial charge on any atom is -0.465 e. The summed E-state index contributed by atoms with van der Waals surface area (Å²) >= 11 is 0. The van der Waals surface area contributed by atoms with Crippen molar-refractivity contribution in [3.63, 3.8) is 0 Å². The largest absolute Gasteiger partial charge is 0.573 e. The third kappa shape index (κ3) is 3.28. The molecule has 1 aromatic carbocycles. The Kier molecular flexibility index (Phi) is 3.64. The molecule has 0 atom stereocenters. The van der Waals surface area contributed by atoms with Gasteiger partial charge in [0.05, 0.1) is 24.6 Å². The van der Waals surface area contributed by atoms with Crippen molar-refractivity contribution in [2.24, 2.45) is 0 Å². The SMILES string of the molecule is COC(=O)c1cnn(-c2ccc(OC(F)(F)F)cc2)c1. The summed E-state index contributed by atoms with van der Waals surface area (Å²) in [5.74, 6) is -0.880. The predicted octanol–water partition coefficient (Wildman–Crippen LogP) is 2.56. The molecule has 2 rings (SSSR count). The zero-order valence-corrected chi connectivity index (χ0v) is 10.2. The molecule has 0 unspecified atom stereocenters. The maximum atomic E-state index is 12.0. The molecule has 0 saturated heterocycles. The quantitative estimate of drug-likeness (QED) is 0.814. The van der Waals surface area contributed by atoms with E-state index in [1.807, 2.05) is 0 Å². The van der Waals surface area contributed by atoms with Crippen LogP contribution in [-0.2, 0) is 4.74 Å². The number of carbonyl (C=O) groups is 1. The number of rotatable bonds is 3. The molecule has 2 aromatic rings. The average molecular weight is 286 g/mol. The summed E-state index contributed by atoms with van der Waals surface area (Å²) < 4.78 is 45.6. The molecular formula is C12H9F3N2O3. The maximum Gasteiger partial charge on any atom is 0.573 e. The lowest BCUT2D eigenvalue weighted by atomic mass is 10.3. The molecular weight excluding hydrogens is 277 g/mol. The molecule has 0 radical (unpaired) electrons. The fraction of sp³-hybridized carbons (Fsp3) is 0.167. The summed E-state index contributed by atoms with van der Waals surface area (Å²) in [5.41, 5.74) is 0.720. The monoisotopic (exact) mass is 286 g/mol. The van der Waals surface area contributed by atoms with Crippen LogP contribution in [0, 0.1) is 0 Å². The Hall–Kier alpha value is -2.51. The minimum atomic E-state index is -4.73. The van der Waals surface area contributed by atoms with Crippen LogP contribution >= 0.6 is 0 Å². The normalized spacial score (nSPS) is 11.2. The molecule has 0 aliphatic carbocycles. The van der Waals surface area contributed by atoms with Crippen LogP contribution < -0.4 is 4.74 Å². The van der Waals surface area contributed by atoms with Crippen LogP contribution in [0.5, 0.6) is 5.75 Å².